The summed E-state index contributed by atoms with van der Waals surface area (Å²) in [4.78, 5) is 22.7. The molecule has 7 heteroatoms. The number of nitriles is 1. The van der Waals surface area contributed by atoms with E-state index < -0.39 is 0 Å². The van der Waals surface area contributed by atoms with E-state index in [2.05, 4.69) is 26.7 Å². The van der Waals surface area contributed by atoms with E-state index in [0.717, 1.165) is 34.5 Å². The third kappa shape index (κ3) is 4.19. The molecule has 32 heavy (non-hydrogen) atoms. The molecule has 2 N–H and O–H groups in total. The Morgan fingerprint density at radius 2 is 1.94 bits per heavy atom. The number of thioether (sulfide) groups is 1. The summed E-state index contributed by atoms with van der Waals surface area (Å²) < 4.78 is 0. The van der Waals surface area contributed by atoms with Crippen LogP contribution in [-0.4, -0.2) is 34.2 Å². The first-order valence-corrected chi connectivity index (χ1v) is 11.1. The van der Waals surface area contributed by atoms with Crippen molar-refractivity contribution in [1.29, 1.82) is 5.26 Å². The van der Waals surface area contributed by atoms with Gasteiger partial charge >= 0.3 is 0 Å². The lowest BCUT2D eigenvalue weighted by molar-refractivity contribution is 0.102. The van der Waals surface area contributed by atoms with E-state index in [0.29, 0.717) is 27.8 Å². The lowest BCUT2D eigenvalue weighted by atomic mass is 10.0. The maximum Gasteiger partial charge on any atom is 0.256 e. The summed E-state index contributed by atoms with van der Waals surface area (Å²) in [5, 5.41) is 16.6. The van der Waals surface area contributed by atoms with Crippen LogP contribution in [0.15, 0.2) is 77.8 Å². The van der Waals surface area contributed by atoms with Crippen molar-refractivity contribution in [3.8, 4) is 17.2 Å². The highest BCUT2D eigenvalue weighted by Crippen LogP contribution is 2.36. The number of carbonyl (C=O) groups is 1. The smallest absolute Gasteiger partial charge is 0.256 e. The molecule has 3 heterocycles. The first kappa shape index (κ1) is 20.2. The molecular formula is C25H19N5OS. The minimum absolute atomic E-state index is 0.215. The Bertz CT molecular complexity index is 1340. The molecule has 0 radical (unpaired) electrons. The number of fused-ring (bicyclic) bond motifs is 1. The summed E-state index contributed by atoms with van der Waals surface area (Å²) in [6.07, 6.45) is 1.68. The van der Waals surface area contributed by atoms with Crippen LogP contribution in [0.1, 0.15) is 15.9 Å². The summed E-state index contributed by atoms with van der Waals surface area (Å²) in [5.41, 5.74) is 3.86. The Labute approximate surface area is 189 Å². The van der Waals surface area contributed by atoms with E-state index in [1.807, 2.05) is 60.7 Å². The van der Waals surface area contributed by atoms with Gasteiger partial charge in [-0.1, -0.05) is 18.2 Å². The second-order valence-electron chi connectivity index (χ2n) is 7.50. The van der Waals surface area contributed by atoms with E-state index in [1.54, 1.807) is 24.0 Å². The number of pyridine rings is 2. The van der Waals surface area contributed by atoms with Crippen LogP contribution in [0.3, 0.4) is 0 Å². The lowest BCUT2D eigenvalue weighted by Gasteiger charge is -2.27. The van der Waals surface area contributed by atoms with Gasteiger partial charge in [0.2, 0.25) is 0 Å². The van der Waals surface area contributed by atoms with Gasteiger partial charge in [0, 0.05) is 40.4 Å². The molecule has 1 fully saturated rings. The minimum atomic E-state index is -0.215. The molecule has 5 rings (SSSR count). The summed E-state index contributed by atoms with van der Waals surface area (Å²) in [5.74, 6) is 0.252. The molecule has 2 aromatic carbocycles. The highest BCUT2D eigenvalue weighted by atomic mass is 32.2. The number of nitrogens with zero attached hydrogens (tertiary/aromatic N) is 3. The molecule has 0 unspecified atom stereocenters. The molecule has 0 bridgehead atoms. The van der Waals surface area contributed by atoms with Crippen molar-refractivity contribution in [3.05, 3.63) is 84.1 Å². The molecule has 1 saturated heterocycles. The Morgan fingerprint density at radius 1 is 1.09 bits per heavy atom. The van der Waals surface area contributed by atoms with Crippen LogP contribution in [-0.2, 0) is 0 Å². The number of amides is 1. The van der Waals surface area contributed by atoms with E-state index in [1.165, 1.54) is 0 Å². The van der Waals surface area contributed by atoms with Crippen LogP contribution in [0.2, 0.25) is 0 Å². The molecular weight excluding hydrogens is 418 g/mol. The maximum atomic E-state index is 13.0. The second-order valence-corrected chi connectivity index (χ2v) is 8.84. The number of rotatable bonds is 5. The Hall–Kier alpha value is -3.73. The number of hydrogen-bond acceptors (Lipinski definition) is 6. The van der Waals surface area contributed by atoms with E-state index >= 15 is 0 Å². The normalized spacial score (nSPS) is 13.3. The zero-order valence-electron chi connectivity index (χ0n) is 17.1. The fourth-order valence-electron chi connectivity index (χ4n) is 3.46. The van der Waals surface area contributed by atoms with E-state index in [9.17, 15) is 4.79 Å². The van der Waals surface area contributed by atoms with Crippen molar-refractivity contribution in [2.24, 2.45) is 0 Å². The molecule has 0 saturated carbocycles. The van der Waals surface area contributed by atoms with Crippen LogP contribution in [0, 0.1) is 11.3 Å². The lowest BCUT2D eigenvalue weighted by Crippen LogP contribution is -2.44. The molecule has 1 aliphatic heterocycles. The molecule has 1 amide bonds. The molecule has 1 aliphatic rings. The van der Waals surface area contributed by atoms with Gasteiger partial charge in [0.1, 0.15) is 5.82 Å². The van der Waals surface area contributed by atoms with Crippen molar-refractivity contribution in [2.75, 3.05) is 18.4 Å². The Morgan fingerprint density at radius 3 is 2.69 bits per heavy atom. The molecule has 0 aliphatic carbocycles. The van der Waals surface area contributed by atoms with Gasteiger partial charge in [-0.2, -0.15) is 5.26 Å². The molecule has 4 aromatic rings. The van der Waals surface area contributed by atoms with Gasteiger partial charge in [0.15, 0.2) is 5.65 Å². The summed E-state index contributed by atoms with van der Waals surface area (Å²) >= 11 is 1.77. The van der Waals surface area contributed by atoms with Gasteiger partial charge < -0.3 is 10.6 Å². The van der Waals surface area contributed by atoms with Crippen LogP contribution in [0.25, 0.3) is 22.2 Å². The van der Waals surface area contributed by atoms with Crippen molar-refractivity contribution >= 4 is 34.5 Å². The molecule has 0 spiro atoms. The van der Waals surface area contributed by atoms with Crippen molar-refractivity contribution in [2.45, 2.75) is 10.1 Å². The van der Waals surface area contributed by atoms with Gasteiger partial charge in [-0.05, 0) is 59.7 Å². The fraction of sp³-hybridized carbons (Fsp3) is 0.120. The summed E-state index contributed by atoms with van der Waals surface area (Å²) in [6, 6.07) is 22.9. The average Bonchev–Trinajstić information content (AvgIpc) is 2.81. The predicted molar refractivity (Wildman–Crippen MR) is 127 cm³/mol. The third-order valence-electron chi connectivity index (χ3n) is 5.31. The van der Waals surface area contributed by atoms with Gasteiger partial charge in [-0.15, -0.1) is 11.8 Å². The fourth-order valence-corrected chi connectivity index (χ4v) is 4.73. The number of aromatic nitrogens is 2. The second kappa shape index (κ2) is 8.79. The van der Waals surface area contributed by atoms with E-state index in [-0.39, 0.29) is 5.91 Å². The Kier molecular flexibility index (Phi) is 5.55. The number of nitrogens with one attached hydrogen (secondary N) is 2. The minimum Gasteiger partial charge on any atom is -0.314 e. The third-order valence-corrected chi connectivity index (χ3v) is 6.57. The Balaban J connectivity index is 1.44. The van der Waals surface area contributed by atoms with Gasteiger partial charge in [0.25, 0.3) is 5.91 Å². The standard InChI is InChI=1S/C25H19N5OS/c26-13-16-3-5-17(6-4-16)21-9-7-19(12-22(21)32-20-14-27-15-20)25(31)30-23-10-8-18-2-1-11-28-24(18)29-23/h1-12,20,27H,14-15H2,(H,28,29,30,31). The molecule has 6 nitrogen and oxygen atoms in total. The maximum absolute atomic E-state index is 13.0. The number of carbonyl (C=O) groups excluding carboxylic acids is 1. The predicted octanol–water partition coefficient (Wildman–Crippen LogP) is 4.48. The van der Waals surface area contributed by atoms with Crippen LogP contribution < -0.4 is 10.6 Å². The van der Waals surface area contributed by atoms with E-state index in [4.69, 9.17) is 5.26 Å². The highest BCUT2D eigenvalue weighted by molar-refractivity contribution is 8.00. The molecule has 156 valence electrons. The monoisotopic (exact) mass is 437 g/mol. The van der Waals surface area contributed by atoms with Crippen LogP contribution >= 0.6 is 11.8 Å². The zero-order valence-corrected chi connectivity index (χ0v) is 17.9. The highest BCUT2D eigenvalue weighted by Gasteiger charge is 2.21. The molecule has 0 atom stereocenters. The number of anilines is 1. The van der Waals surface area contributed by atoms with Crippen molar-refractivity contribution in [3.63, 3.8) is 0 Å². The number of benzene rings is 2. The first-order chi connectivity index (χ1) is 15.7. The van der Waals surface area contributed by atoms with Crippen molar-refractivity contribution in [1.82, 2.24) is 15.3 Å². The van der Waals surface area contributed by atoms with Crippen molar-refractivity contribution < 1.29 is 4.79 Å². The summed E-state index contributed by atoms with van der Waals surface area (Å²) in [6.45, 7) is 1.89. The summed E-state index contributed by atoms with van der Waals surface area (Å²) in [7, 11) is 0. The quantitative estimate of drug-likeness (QED) is 0.478. The van der Waals surface area contributed by atoms with Gasteiger partial charge in [0.05, 0.1) is 11.6 Å². The SMILES string of the molecule is N#Cc1ccc(-c2ccc(C(=O)Nc3ccc4cccnc4n3)cc2SC2CNC2)cc1. The van der Waals surface area contributed by atoms with Crippen LogP contribution in [0.5, 0.6) is 0 Å². The zero-order chi connectivity index (χ0) is 21.9. The molecule has 2 aromatic heterocycles. The largest absolute Gasteiger partial charge is 0.314 e. The van der Waals surface area contributed by atoms with Crippen LogP contribution in [0.4, 0.5) is 5.82 Å². The average molecular weight is 438 g/mol. The first-order valence-electron chi connectivity index (χ1n) is 10.2. The topological polar surface area (TPSA) is 90.7 Å². The van der Waals surface area contributed by atoms with Gasteiger partial charge in [-0.25, -0.2) is 9.97 Å². The number of hydrogen-bond donors (Lipinski definition) is 2. The van der Waals surface area contributed by atoms with Gasteiger partial charge in [-0.3, -0.25) is 4.79 Å².